The fourth-order valence-corrected chi connectivity index (χ4v) is 3.60. The average Bonchev–Trinajstić information content (AvgIpc) is 3.45. The molecule has 0 spiro atoms. The molecule has 0 aromatic carbocycles. The van der Waals surface area contributed by atoms with Crippen LogP contribution in [0.15, 0.2) is 24.4 Å². The molecule has 1 atom stereocenters. The topological polar surface area (TPSA) is 69.9 Å². The van der Waals surface area contributed by atoms with E-state index in [1.54, 1.807) is 0 Å². The molecule has 1 fully saturated rings. The summed E-state index contributed by atoms with van der Waals surface area (Å²) in [5.74, 6) is 1.21. The van der Waals surface area contributed by atoms with Gasteiger partial charge < -0.3 is 4.74 Å². The first-order valence-electron chi connectivity index (χ1n) is 9.83. The summed E-state index contributed by atoms with van der Waals surface area (Å²) in [6.45, 7) is 6.07. The number of ketones is 1. The first-order chi connectivity index (χ1) is 13.4. The van der Waals surface area contributed by atoms with Crippen molar-refractivity contribution in [3.05, 3.63) is 46.9 Å². The zero-order valence-electron chi connectivity index (χ0n) is 16.9. The van der Waals surface area contributed by atoms with E-state index < -0.39 is 0 Å². The molecule has 1 unspecified atom stereocenters. The molecule has 4 rings (SSSR count). The van der Waals surface area contributed by atoms with Gasteiger partial charge in [-0.1, -0.05) is 13.0 Å². The van der Waals surface area contributed by atoms with Crippen molar-refractivity contribution in [3.63, 3.8) is 0 Å². The van der Waals surface area contributed by atoms with E-state index in [4.69, 9.17) is 4.74 Å². The summed E-state index contributed by atoms with van der Waals surface area (Å²) in [5, 5.41) is 5.78. The molecule has 3 aromatic heterocycles. The standard InChI is InChI=1S/C22H26N4O2/c1-13(17-6-5-15(3)23-11-17)9-18(27)12-28-19-10-14(2)20-21(16-7-8-16)25-26(4)22(20)24-19/h5-6,10-11,13,16H,7-9,12H2,1-4H3. The zero-order chi connectivity index (χ0) is 19.8. The summed E-state index contributed by atoms with van der Waals surface area (Å²) < 4.78 is 7.55. The third-order valence-electron chi connectivity index (χ3n) is 5.38. The maximum atomic E-state index is 12.4. The molecular weight excluding hydrogens is 352 g/mol. The maximum Gasteiger partial charge on any atom is 0.215 e. The van der Waals surface area contributed by atoms with E-state index in [0.717, 1.165) is 33.5 Å². The highest BCUT2D eigenvalue weighted by Crippen LogP contribution is 2.43. The number of Topliss-reactive ketones (excluding diaryl/α,β-unsaturated/α-hetero) is 1. The maximum absolute atomic E-state index is 12.4. The summed E-state index contributed by atoms with van der Waals surface area (Å²) in [7, 11) is 1.91. The van der Waals surface area contributed by atoms with Crippen molar-refractivity contribution in [1.29, 1.82) is 0 Å². The predicted molar refractivity (Wildman–Crippen MR) is 108 cm³/mol. The highest BCUT2D eigenvalue weighted by Gasteiger charge is 2.30. The molecule has 0 N–H and O–H groups in total. The van der Waals surface area contributed by atoms with Crippen LogP contribution in [-0.2, 0) is 11.8 Å². The average molecular weight is 378 g/mol. The lowest BCUT2D eigenvalue weighted by Crippen LogP contribution is -2.14. The molecule has 146 valence electrons. The van der Waals surface area contributed by atoms with Gasteiger partial charge in [0, 0.05) is 42.7 Å². The third kappa shape index (κ3) is 3.77. The normalized spacial score (nSPS) is 15.0. The van der Waals surface area contributed by atoms with Crippen molar-refractivity contribution in [3.8, 4) is 5.88 Å². The number of carbonyl (C=O) groups is 1. The van der Waals surface area contributed by atoms with Gasteiger partial charge in [-0.25, -0.2) is 0 Å². The summed E-state index contributed by atoms with van der Waals surface area (Å²) >= 11 is 0. The van der Waals surface area contributed by atoms with Gasteiger partial charge in [-0.2, -0.15) is 10.1 Å². The smallest absolute Gasteiger partial charge is 0.215 e. The van der Waals surface area contributed by atoms with Crippen molar-refractivity contribution in [2.45, 2.75) is 51.9 Å². The second-order valence-electron chi connectivity index (χ2n) is 7.92. The molecule has 0 aliphatic heterocycles. The van der Waals surface area contributed by atoms with Crippen LogP contribution in [0.2, 0.25) is 0 Å². The molecule has 28 heavy (non-hydrogen) atoms. The molecule has 0 radical (unpaired) electrons. The van der Waals surface area contributed by atoms with E-state index in [0.29, 0.717) is 18.2 Å². The molecule has 6 heteroatoms. The van der Waals surface area contributed by atoms with Crippen LogP contribution in [0.4, 0.5) is 0 Å². The monoisotopic (exact) mass is 378 g/mol. The second-order valence-corrected chi connectivity index (χ2v) is 7.92. The number of carbonyl (C=O) groups excluding carboxylic acids is 1. The van der Waals surface area contributed by atoms with Crippen LogP contribution in [-0.4, -0.2) is 32.1 Å². The van der Waals surface area contributed by atoms with Crippen LogP contribution in [0.5, 0.6) is 5.88 Å². The van der Waals surface area contributed by atoms with Gasteiger partial charge in [0.05, 0.1) is 5.69 Å². The number of fused-ring (bicyclic) bond motifs is 1. The van der Waals surface area contributed by atoms with Gasteiger partial charge in [0.15, 0.2) is 11.4 Å². The van der Waals surface area contributed by atoms with Gasteiger partial charge in [0.2, 0.25) is 5.88 Å². The van der Waals surface area contributed by atoms with E-state index in [-0.39, 0.29) is 18.3 Å². The first-order valence-corrected chi connectivity index (χ1v) is 9.83. The van der Waals surface area contributed by atoms with Crippen molar-refractivity contribution in [2.24, 2.45) is 7.05 Å². The Morgan fingerprint density at radius 1 is 1.32 bits per heavy atom. The molecule has 0 amide bonds. The Balaban J connectivity index is 1.43. The summed E-state index contributed by atoms with van der Waals surface area (Å²) in [6, 6.07) is 5.91. The molecule has 3 heterocycles. The molecule has 1 aliphatic carbocycles. The predicted octanol–water partition coefficient (Wildman–Crippen LogP) is 4.00. The van der Waals surface area contributed by atoms with Crippen molar-refractivity contribution in [2.75, 3.05) is 6.61 Å². The van der Waals surface area contributed by atoms with Gasteiger partial charge >= 0.3 is 0 Å². The number of aromatic nitrogens is 4. The SMILES string of the molecule is Cc1ccc(C(C)CC(=O)COc2cc(C)c3c(C4CC4)nn(C)c3n2)cn1. The van der Waals surface area contributed by atoms with E-state index >= 15 is 0 Å². The molecule has 6 nitrogen and oxygen atoms in total. The molecule has 1 saturated carbocycles. The van der Waals surface area contributed by atoms with Crippen LogP contribution in [0, 0.1) is 13.8 Å². The minimum Gasteiger partial charge on any atom is -0.470 e. The summed E-state index contributed by atoms with van der Waals surface area (Å²) in [6.07, 6.45) is 4.66. The fourth-order valence-electron chi connectivity index (χ4n) is 3.60. The number of rotatable bonds is 7. The second kappa shape index (κ2) is 7.34. The van der Waals surface area contributed by atoms with E-state index in [2.05, 4.69) is 22.0 Å². The highest BCUT2D eigenvalue weighted by molar-refractivity contribution is 5.84. The lowest BCUT2D eigenvalue weighted by molar-refractivity contribution is -0.121. The van der Waals surface area contributed by atoms with Crippen LogP contribution >= 0.6 is 0 Å². The van der Waals surface area contributed by atoms with E-state index in [1.165, 1.54) is 12.8 Å². The number of ether oxygens (including phenoxy) is 1. The number of hydrogen-bond donors (Lipinski definition) is 0. The summed E-state index contributed by atoms with van der Waals surface area (Å²) in [5.41, 5.74) is 5.11. The van der Waals surface area contributed by atoms with Gasteiger partial charge in [-0.05, 0) is 49.8 Å². The highest BCUT2D eigenvalue weighted by atomic mass is 16.5. The van der Waals surface area contributed by atoms with Crippen LogP contribution in [0.25, 0.3) is 11.0 Å². The molecule has 0 bridgehead atoms. The Morgan fingerprint density at radius 3 is 2.79 bits per heavy atom. The minimum atomic E-state index is 0.0227. The Bertz CT molecular complexity index is 1020. The van der Waals surface area contributed by atoms with Gasteiger partial charge in [-0.15, -0.1) is 0 Å². The Labute approximate surface area is 165 Å². The van der Waals surface area contributed by atoms with Crippen molar-refractivity contribution >= 4 is 16.8 Å². The summed E-state index contributed by atoms with van der Waals surface area (Å²) in [4.78, 5) is 21.3. The largest absolute Gasteiger partial charge is 0.470 e. The van der Waals surface area contributed by atoms with Gasteiger partial charge in [0.25, 0.3) is 0 Å². The molecule has 1 aliphatic rings. The zero-order valence-corrected chi connectivity index (χ0v) is 16.9. The number of hydrogen-bond acceptors (Lipinski definition) is 5. The minimum absolute atomic E-state index is 0.0227. The van der Waals surface area contributed by atoms with Crippen LogP contribution in [0.3, 0.4) is 0 Å². The molecular formula is C22H26N4O2. The molecule has 0 saturated heterocycles. The fraction of sp³-hybridized carbons (Fsp3) is 0.455. The lowest BCUT2D eigenvalue weighted by Gasteiger charge is -2.12. The molecule has 3 aromatic rings. The lowest BCUT2D eigenvalue weighted by atomic mass is 9.97. The van der Waals surface area contributed by atoms with Gasteiger partial charge in [0.1, 0.15) is 6.61 Å². The third-order valence-corrected chi connectivity index (χ3v) is 5.38. The Hall–Kier alpha value is -2.76. The van der Waals surface area contributed by atoms with E-state index in [9.17, 15) is 4.79 Å². The number of pyridine rings is 2. The van der Waals surface area contributed by atoms with Crippen molar-refractivity contribution in [1.82, 2.24) is 19.7 Å². The van der Waals surface area contributed by atoms with Crippen LogP contribution in [0.1, 0.15) is 60.5 Å². The number of aryl methyl sites for hydroxylation is 3. The Morgan fingerprint density at radius 2 is 2.11 bits per heavy atom. The van der Waals surface area contributed by atoms with Crippen molar-refractivity contribution < 1.29 is 9.53 Å². The Kier molecular flexibility index (Phi) is 4.87. The number of nitrogens with zero attached hydrogens (tertiary/aromatic N) is 4. The van der Waals surface area contributed by atoms with Gasteiger partial charge in [-0.3, -0.25) is 14.5 Å². The first kappa shape index (κ1) is 18.6. The van der Waals surface area contributed by atoms with Crippen LogP contribution < -0.4 is 4.74 Å². The van der Waals surface area contributed by atoms with E-state index in [1.807, 2.05) is 50.0 Å². The quantitative estimate of drug-likeness (QED) is 0.621.